The average Bonchev–Trinajstić information content (AvgIpc) is 2.61. The van der Waals surface area contributed by atoms with E-state index in [-0.39, 0.29) is 5.91 Å². The molecule has 0 radical (unpaired) electrons. The summed E-state index contributed by atoms with van der Waals surface area (Å²) in [7, 11) is 4.52. The van der Waals surface area contributed by atoms with Gasteiger partial charge in [0.1, 0.15) is 0 Å². The van der Waals surface area contributed by atoms with Gasteiger partial charge in [-0.25, -0.2) is 0 Å². The molecule has 128 valence electrons. The van der Waals surface area contributed by atoms with Crippen LogP contribution in [0.5, 0.6) is 17.2 Å². The molecular weight excluding hydrogens is 330 g/mol. The number of methoxy groups -OCH3 is 3. The van der Waals surface area contributed by atoms with E-state index in [2.05, 4.69) is 5.32 Å². The molecule has 2 aromatic rings. The molecule has 0 fully saturated rings. The molecule has 0 aliphatic rings. The van der Waals surface area contributed by atoms with Crippen LogP contribution in [0.25, 0.3) is 0 Å². The molecule has 2 aromatic carbocycles. The molecule has 6 heteroatoms. The molecule has 0 spiro atoms. The predicted molar refractivity (Wildman–Crippen MR) is 93.6 cm³/mol. The Morgan fingerprint density at radius 2 is 1.62 bits per heavy atom. The summed E-state index contributed by atoms with van der Waals surface area (Å²) in [6, 6.07) is 10.9. The van der Waals surface area contributed by atoms with Crippen molar-refractivity contribution in [2.45, 2.75) is 6.42 Å². The maximum atomic E-state index is 12.4. The minimum absolute atomic E-state index is 0.234. The van der Waals surface area contributed by atoms with Crippen LogP contribution >= 0.6 is 11.6 Å². The summed E-state index contributed by atoms with van der Waals surface area (Å²) in [5, 5.41) is 3.57. The first-order chi connectivity index (χ1) is 11.6. The molecule has 5 nitrogen and oxygen atoms in total. The van der Waals surface area contributed by atoms with E-state index in [9.17, 15) is 4.79 Å². The van der Waals surface area contributed by atoms with E-state index >= 15 is 0 Å². The summed E-state index contributed by atoms with van der Waals surface area (Å²) >= 11 is 5.86. The van der Waals surface area contributed by atoms with Crippen molar-refractivity contribution in [3.63, 3.8) is 0 Å². The number of carbonyl (C=O) groups excluding carboxylic acids is 1. The van der Waals surface area contributed by atoms with Crippen LogP contribution in [0, 0.1) is 0 Å². The van der Waals surface area contributed by atoms with Gasteiger partial charge in [0.25, 0.3) is 5.91 Å². The summed E-state index contributed by atoms with van der Waals surface area (Å²) in [5.74, 6) is 1.01. The zero-order valence-corrected chi connectivity index (χ0v) is 14.6. The van der Waals surface area contributed by atoms with Gasteiger partial charge in [-0.2, -0.15) is 0 Å². The lowest BCUT2D eigenvalue weighted by molar-refractivity contribution is 0.0950. The number of ether oxygens (including phenoxy) is 3. The molecule has 0 saturated carbocycles. The Kier molecular flexibility index (Phi) is 6.32. The van der Waals surface area contributed by atoms with Crippen molar-refractivity contribution in [1.82, 2.24) is 5.32 Å². The number of halogens is 1. The molecule has 2 rings (SSSR count). The second kappa shape index (κ2) is 8.45. The number of benzene rings is 2. The minimum Gasteiger partial charge on any atom is -0.493 e. The van der Waals surface area contributed by atoms with E-state index in [1.54, 1.807) is 12.1 Å². The smallest absolute Gasteiger partial charge is 0.255 e. The molecular formula is C18H20ClNO4. The third-order valence-electron chi connectivity index (χ3n) is 3.56. The van der Waals surface area contributed by atoms with Gasteiger partial charge < -0.3 is 19.5 Å². The summed E-state index contributed by atoms with van der Waals surface area (Å²) in [4.78, 5) is 12.4. The first kappa shape index (κ1) is 17.9. The van der Waals surface area contributed by atoms with Crippen LogP contribution in [0.15, 0.2) is 36.4 Å². The first-order valence-corrected chi connectivity index (χ1v) is 7.80. The van der Waals surface area contributed by atoms with E-state index in [0.717, 1.165) is 5.56 Å². The Morgan fingerprint density at radius 3 is 2.21 bits per heavy atom. The Morgan fingerprint density at radius 1 is 0.958 bits per heavy atom. The molecule has 0 aromatic heterocycles. The lowest BCUT2D eigenvalue weighted by atomic mass is 10.1. The number of nitrogens with one attached hydrogen (secondary N) is 1. The minimum atomic E-state index is -0.234. The first-order valence-electron chi connectivity index (χ1n) is 7.42. The molecule has 0 saturated heterocycles. The van der Waals surface area contributed by atoms with Crippen LogP contribution < -0.4 is 19.5 Å². The summed E-state index contributed by atoms with van der Waals surface area (Å²) < 4.78 is 15.8. The maximum Gasteiger partial charge on any atom is 0.255 e. The van der Waals surface area contributed by atoms with Crippen molar-refractivity contribution < 1.29 is 19.0 Å². The normalized spacial score (nSPS) is 10.2. The van der Waals surface area contributed by atoms with E-state index in [1.807, 2.05) is 24.3 Å². The average molecular weight is 350 g/mol. The number of hydrogen-bond acceptors (Lipinski definition) is 4. The van der Waals surface area contributed by atoms with Gasteiger partial charge in [0.05, 0.1) is 26.9 Å². The van der Waals surface area contributed by atoms with Gasteiger partial charge in [-0.05, 0) is 36.2 Å². The quantitative estimate of drug-likeness (QED) is 0.833. The molecule has 24 heavy (non-hydrogen) atoms. The zero-order valence-electron chi connectivity index (χ0n) is 13.9. The summed E-state index contributed by atoms with van der Waals surface area (Å²) in [6.07, 6.45) is 0.707. The van der Waals surface area contributed by atoms with Crippen molar-refractivity contribution >= 4 is 17.5 Å². The van der Waals surface area contributed by atoms with Crippen LogP contribution in [0.4, 0.5) is 0 Å². The molecule has 0 aliphatic carbocycles. The predicted octanol–water partition coefficient (Wildman–Crippen LogP) is 3.34. The Labute approximate surface area is 146 Å². The third kappa shape index (κ3) is 4.11. The highest BCUT2D eigenvalue weighted by atomic mass is 35.5. The van der Waals surface area contributed by atoms with Crippen LogP contribution in [-0.2, 0) is 6.42 Å². The van der Waals surface area contributed by atoms with Crippen molar-refractivity contribution in [2.75, 3.05) is 27.9 Å². The summed E-state index contributed by atoms with van der Waals surface area (Å²) in [6.45, 7) is 0.498. The van der Waals surface area contributed by atoms with Gasteiger partial charge in [0.2, 0.25) is 5.75 Å². The van der Waals surface area contributed by atoms with Crippen LogP contribution in [-0.4, -0.2) is 33.8 Å². The fourth-order valence-electron chi connectivity index (χ4n) is 2.35. The van der Waals surface area contributed by atoms with Gasteiger partial charge in [-0.15, -0.1) is 0 Å². The highest BCUT2D eigenvalue weighted by molar-refractivity contribution is 6.30. The Bertz CT molecular complexity index is 701. The van der Waals surface area contributed by atoms with Gasteiger partial charge in [-0.3, -0.25) is 4.79 Å². The van der Waals surface area contributed by atoms with Gasteiger partial charge in [0.15, 0.2) is 11.5 Å². The fraction of sp³-hybridized carbons (Fsp3) is 0.278. The molecule has 0 bridgehead atoms. The monoisotopic (exact) mass is 349 g/mol. The highest BCUT2D eigenvalue weighted by Gasteiger charge is 2.20. The number of carbonyl (C=O) groups is 1. The lowest BCUT2D eigenvalue weighted by Crippen LogP contribution is -2.26. The Balaban J connectivity index is 2.07. The molecule has 0 aliphatic heterocycles. The van der Waals surface area contributed by atoms with Gasteiger partial charge in [-0.1, -0.05) is 23.7 Å². The van der Waals surface area contributed by atoms with Crippen molar-refractivity contribution in [3.05, 3.63) is 52.5 Å². The van der Waals surface area contributed by atoms with E-state index in [0.29, 0.717) is 40.8 Å². The van der Waals surface area contributed by atoms with Crippen LogP contribution in [0.3, 0.4) is 0 Å². The van der Waals surface area contributed by atoms with E-state index in [1.165, 1.54) is 21.3 Å². The van der Waals surface area contributed by atoms with Crippen LogP contribution in [0.1, 0.15) is 15.9 Å². The van der Waals surface area contributed by atoms with E-state index < -0.39 is 0 Å². The molecule has 0 unspecified atom stereocenters. The largest absolute Gasteiger partial charge is 0.493 e. The lowest BCUT2D eigenvalue weighted by Gasteiger charge is -2.15. The molecule has 1 amide bonds. The number of hydrogen-bond donors (Lipinski definition) is 1. The standard InChI is InChI=1S/C18H20ClNO4/c1-22-15-9-8-14(16(23-2)17(15)24-3)18(21)20-11-10-12-4-6-13(19)7-5-12/h4-9H,10-11H2,1-3H3,(H,20,21). The van der Waals surface area contributed by atoms with Crippen molar-refractivity contribution in [2.24, 2.45) is 0 Å². The fourth-order valence-corrected chi connectivity index (χ4v) is 2.47. The second-order valence-electron chi connectivity index (χ2n) is 5.01. The van der Waals surface area contributed by atoms with E-state index in [4.69, 9.17) is 25.8 Å². The second-order valence-corrected chi connectivity index (χ2v) is 5.45. The molecule has 1 N–H and O–H groups in total. The van der Waals surface area contributed by atoms with Crippen molar-refractivity contribution in [3.8, 4) is 17.2 Å². The number of rotatable bonds is 7. The third-order valence-corrected chi connectivity index (χ3v) is 3.81. The molecule has 0 heterocycles. The van der Waals surface area contributed by atoms with Gasteiger partial charge in [0, 0.05) is 11.6 Å². The van der Waals surface area contributed by atoms with Gasteiger partial charge >= 0.3 is 0 Å². The van der Waals surface area contributed by atoms with Crippen LogP contribution in [0.2, 0.25) is 5.02 Å². The number of amides is 1. The Hall–Kier alpha value is -2.40. The highest BCUT2D eigenvalue weighted by Crippen LogP contribution is 2.39. The summed E-state index contributed by atoms with van der Waals surface area (Å²) in [5.41, 5.74) is 1.49. The van der Waals surface area contributed by atoms with Crippen molar-refractivity contribution in [1.29, 1.82) is 0 Å². The molecule has 0 atom stereocenters. The topological polar surface area (TPSA) is 56.8 Å². The zero-order chi connectivity index (χ0) is 17.5. The SMILES string of the molecule is COc1ccc(C(=O)NCCc2ccc(Cl)cc2)c(OC)c1OC. The maximum absolute atomic E-state index is 12.4.